The molecule has 0 aromatic heterocycles. The lowest BCUT2D eigenvalue weighted by atomic mass is 10.3. The van der Waals surface area contributed by atoms with Crippen LogP contribution in [-0.4, -0.2) is 29.5 Å². The van der Waals surface area contributed by atoms with Crippen molar-refractivity contribution in [1.29, 1.82) is 0 Å². The molecule has 0 radical (unpaired) electrons. The molecule has 0 amide bonds. The van der Waals surface area contributed by atoms with Crippen LogP contribution in [0.15, 0.2) is 23.2 Å². The fraction of sp³-hybridized carbons (Fsp3) is 0.588. The third-order valence-electron chi connectivity index (χ3n) is 3.67. The normalized spacial score (nSPS) is 12.2. The van der Waals surface area contributed by atoms with Gasteiger partial charge in [0.05, 0.1) is 36.5 Å². The van der Waals surface area contributed by atoms with Gasteiger partial charge in [-0.3, -0.25) is 0 Å². The molecule has 0 spiro atoms. The highest BCUT2D eigenvalue weighted by molar-refractivity contribution is 8.29. The van der Waals surface area contributed by atoms with E-state index in [1.165, 1.54) is 42.5 Å². The lowest BCUT2D eigenvalue weighted by molar-refractivity contribution is -0.00000460. The van der Waals surface area contributed by atoms with Crippen LogP contribution in [0.5, 0.6) is 0 Å². The lowest BCUT2D eigenvalue weighted by Crippen LogP contribution is -3.00. The van der Waals surface area contributed by atoms with Crippen molar-refractivity contribution in [1.82, 2.24) is 0 Å². The highest BCUT2D eigenvalue weighted by Gasteiger charge is 2.41. The Morgan fingerprint density at radius 2 is 1.57 bits per heavy atom. The number of hydrogen-bond donors (Lipinski definition) is 0. The maximum Gasteiger partial charge on any atom is 0.216 e. The predicted molar refractivity (Wildman–Crippen MR) is 109 cm³/mol. The summed E-state index contributed by atoms with van der Waals surface area (Å²) in [5, 5.41) is 1.37. The standard InChI is InChI=1S/C17H27Cl2NPS.HI/c1-5-10-21(11-6-2,12-7-3)17(22-4)20-16-13-14(18)8-9-15(16)19;/h8-9,13H,5-7,10-12H2,1-4H3;1H/q+1;/p-1. The van der Waals surface area contributed by atoms with Crippen molar-refractivity contribution in [3.63, 3.8) is 0 Å². The van der Waals surface area contributed by atoms with E-state index in [-0.39, 0.29) is 24.0 Å². The Hall–Kier alpha value is 0.980. The summed E-state index contributed by atoms with van der Waals surface area (Å²) in [6.45, 7) is 6.85. The monoisotopic (exact) mass is 505 g/mol. The SMILES string of the molecule is CCC[P+](CCC)(CCC)C(=Nc1cc(Cl)ccc1Cl)SC.[I-]. The Kier molecular flexibility index (Phi) is 12.9. The maximum absolute atomic E-state index is 6.32. The Labute approximate surface area is 173 Å². The van der Waals surface area contributed by atoms with E-state index >= 15 is 0 Å². The molecule has 0 fully saturated rings. The molecule has 0 heterocycles. The van der Waals surface area contributed by atoms with E-state index in [1.807, 2.05) is 18.2 Å². The van der Waals surface area contributed by atoms with E-state index in [1.54, 1.807) is 11.8 Å². The summed E-state index contributed by atoms with van der Waals surface area (Å²) in [6, 6.07) is 5.52. The number of thioether (sulfide) groups is 1. The molecule has 0 aliphatic heterocycles. The molecule has 6 heteroatoms. The average Bonchev–Trinajstić information content (AvgIpc) is 2.48. The van der Waals surface area contributed by atoms with Gasteiger partial charge in [0.1, 0.15) is 0 Å². The molecule has 0 saturated carbocycles. The van der Waals surface area contributed by atoms with Crippen molar-refractivity contribution >= 4 is 52.7 Å². The minimum Gasteiger partial charge on any atom is -1.00 e. The van der Waals surface area contributed by atoms with Crippen molar-refractivity contribution in [2.75, 3.05) is 24.7 Å². The molecule has 1 rings (SSSR count). The number of aliphatic imine (C=N–C) groups is 1. The summed E-state index contributed by atoms with van der Waals surface area (Å²) in [5.74, 6) is 0. The number of benzene rings is 1. The van der Waals surface area contributed by atoms with Crippen LogP contribution in [0.4, 0.5) is 5.69 Å². The van der Waals surface area contributed by atoms with Gasteiger partial charge in [0.25, 0.3) is 0 Å². The molecule has 0 atom stereocenters. The zero-order valence-corrected chi connectivity index (χ0v) is 19.8. The molecule has 0 saturated heterocycles. The Bertz CT molecular complexity index is 494. The van der Waals surface area contributed by atoms with Gasteiger partial charge in [0.15, 0.2) is 0 Å². The van der Waals surface area contributed by atoms with Crippen molar-refractivity contribution < 1.29 is 24.0 Å². The maximum atomic E-state index is 6.32. The van der Waals surface area contributed by atoms with Gasteiger partial charge in [-0.1, -0.05) is 55.7 Å². The van der Waals surface area contributed by atoms with Gasteiger partial charge in [-0.25, -0.2) is 4.99 Å². The Morgan fingerprint density at radius 3 is 2.00 bits per heavy atom. The van der Waals surface area contributed by atoms with Crippen LogP contribution < -0.4 is 24.0 Å². The smallest absolute Gasteiger partial charge is 0.216 e. The van der Waals surface area contributed by atoms with Gasteiger partial charge >= 0.3 is 0 Å². The molecule has 23 heavy (non-hydrogen) atoms. The van der Waals surface area contributed by atoms with Crippen molar-refractivity contribution in [2.24, 2.45) is 4.99 Å². The lowest BCUT2D eigenvalue weighted by Gasteiger charge is -2.26. The van der Waals surface area contributed by atoms with E-state index in [0.29, 0.717) is 10.0 Å². The minimum atomic E-state index is -1.20. The summed E-state index contributed by atoms with van der Waals surface area (Å²) < 4.78 is 0. The van der Waals surface area contributed by atoms with Gasteiger partial charge in [-0.05, 0) is 43.7 Å². The van der Waals surface area contributed by atoms with Crippen LogP contribution in [0.3, 0.4) is 0 Å². The van der Waals surface area contributed by atoms with Crippen molar-refractivity contribution in [3.8, 4) is 0 Å². The van der Waals surface area contributed by atoms with E-state index in [4.69, 9.17) is 28.2 Å². The molecule has 0 bridgehead atoms. The first-order valence-corrected chi connectivity index (χ1v) is 12.3. The van der Waals surface area contributed by atoms with E-state index in [9.17, 15) is 0 Å². The van der Waals surface area contributed by atoms with E-state index < -0.39 is 7.26 Å². The molecule has 0 N–H and O–H groups in total. The topological polar surface area (TPSA) is 12.4 Å². The first-order valence-electron chi connectivity index (χ1n) is 7.97. The second-order valence-electron chi connectivity index (χ2n) is 5.51. The molecule has 132 valence electrons. The number of nitrogens with zero attached hydrogens (tertiary/aromatic N) is 1. The Balaban J connectivity index is 0.00000484. The minimum absolute atomic E-state index is 0. The van der Waals surface area contributed by atoms with Crippen LogP contribution in [0.1, 0.15) is 40.0 Å². The zero-order chi connectivity index (χ0) is 16.6. The van der Waals surface area contributed by atoms with Crippen LogP contribution in [0.25, 0.3) is 0 Å². The molecule has 0 aliphatic carbocycles. The summed E-state index contributed by atoms with van der Waals surface area (Å²) in [5.41, 5.74) is 0.811. The van der Waals surface area contributed by atoms with Crippen molar-refractivity contribution in [2.45, 2.75) is 40.0 Å². The second-order valence-corrected chi connectivity index (χ2v) is 11.5. The molecule has 1 aromatic rings. The average molecular weight is 506 g/mol. The third-order valence-corrected chi connectivity index (χ3v) is 11.2. The molecular formula is C17H27Cl2INPS. The third kappa shape index (κ3) is 7.01. The summed E-state index contributed by atoms with van der Waals surface area (Å²) >= 11 is 14.2. The fourth-order valence-electron chi connectivity index (χ4n) is 2.93. The van der Waals surface area contributed by atoms with Crippen LogP contribution in [0, 0.1) is 0 Å². The molecule has 1 nitrogen and oxygen atoms in total. The Morgan fingerprint density at radius 1 is 1.04 bits per heavy atom. The molecule has 0 aliphatic rings. The van der Waals surface area contributed by atoms with Gasteiger partial charge < -0.3 is 24.0 Å². The van der Waals surface area contributed by atoms with E-state index in [0.717, 1.165) is 5.69 Å². The number of rotatable bonds is 8. The van der Waals surface area contributed by atoms with Gasteiger partial charge in [0.2, 0.25) is 4.78 Å². The van der Waals surface area contributed by atoms with Gasteiger partial charge in [0, 0.05) is 5.02 Å². The van der Waals surface area contributed by atoms with Crippen LogP contribution in [0.2, 0.25) is 10.0 Å². The molecule has 1 aromatic carbocycles. The summed E-state index contributed by atoms with van der Waals surface area (Å²) in [6.07, 6.45) is 9.66. The molecular weight excluding hydrogens is 479 g/mol. The predicted octanol–water partition coefficient (Wildman–Crippen LogP) is 4.60. The number of halogens is 3. The van der Waals surface area contributed by atoms with Crippen molar-refractivity contribution in [3.05, 3.63) is 28.2 Å². The quantitative estimate of drug-likeness (QED) is 0.218. The zero-order valence-electron chi connectivity index (χ0n) is 14.4. The van der Waals surface area contributed by atoms with E-state index in [2.05, 4.69) is 27.0 Å². The first kappa shape index (κ1) is 24.0. The summed E-state index contributed by atoms with van der Waals surface area (Å²) in [7, 11) is -1.20. The number of hydrogen-bond acceptors (Lipinski definition) is 2. The highest BCUT2D eigenvalue weighted by Crippen LogP contribution is 2.64. The second kappa shape index (κ2) is 12.4. The molecule has 0 unspecified atom stereocenters. The van der Waals surface area contributed by atoms with Gasteiger partial charge in [-0.15, -0.1) is 0 Å². The van der Waals surface area contributed by atoms with Gasteiger partial charge in [-0.2, -0.15) is 0 Å². The van der Waals surface area contributed by atoms with Crippen LogP contribution >= 0.6 is 42.2 Å². The highest BCUT2D eigenvalue weighted by atomic mass is 127. The first-order chi connectivity index (χ1) is 10.5. The largest absolute Gasteiger partial charge is 1.00 e. The fourth-order valence-corrected chi connectivity index (χ4v) is 9.95. The summed E-state index contributed by atoms with van der Waals surface area (Å²) in [4.78, 5) is 6.29. The van der Waals surface area contributed by atoms with Crippen LogP contribution in [-0.2, 0) is 0 Å².